The predicted octanol–water partition coefficient (Wildman–Crippen LogP) is 2.33. The molecule has 1 atom stereocenters. The Morgan fingerprint density at radius 2 is 2.23 bits per heavy atom. The van der Waals surface area contributed by atoms with Gasteiger partial charge in [-0.2, -0.15) is 16.9 Å². The molecule has 0 aliphatic heterocycles. The van der Waals surface area contributed by atoms with Gasteiger partial charge in [-0.15, -0.1) is 0 Å². The number of aromatic nitrogens is 2. The molecule has 5 nitrogen and oxygen atoms in total. The number of halogens is 1. The molecule has 120 valence electrons. The minimum atomic E-state index is -3.52. The molecule has 1 aromatic heterocycles. The average Bonchev–Trinajstić information content (AvgIpc) is 2.91. The normalized spacial score (nSPS) is 13.2. The van der Waals surface area contributed by atoms with Crippen LogP contribution in [-0.4, -0.2) is 30.5 Å². The van der Waals surface area contributed by atoms with E-state index in [1.54, 1.807) is 24.9 Å². The van der Waals surface area contributed by atoms with Gasteiger partial charge in [-0.1, -0.05) is 12.1 Å². The molecule has 0 fully saturated rings. The summed E-state index contributed by atoms with van der Waals surface area (Å²) in [7, 11) is -1.85. The number of benzene rings is 1. The molecule has 0 amide bonds. The second kappa shape index (κ2) is 7.26. The van der Waals surface area contributed by atoms with E-state index in [4.69, 9.17) is 0 Å². The third-order valence-corrected chi connectivity index (χ3v) is 5.70. The lowest BCUT2D eigenvalue weighted by Crippen LogP contribution is -2.25. The first-order valence-corrected chi connectivity index (χ1v) is 9.27. The molecule has 0 spiro atoms. The van der Waals surface area contributed by atoms with Gasteiger partial charge >= 0.3 is 0 Å². The Morgan fingerprint density at radius 3 is 2.86 bits per heavy atom. The summed E-state index contributed by atoms with van der Waals surface area (Å²) >= 11 is 1.56. The van der Waals surface area contributed by atoms with Crippen LogP contribution in [-0.2, 0) is 17.1 Å². The Bertz CT molecular complexity index is 731. The van der Waals surface area contributed by atoms with Gasteiger partial charge in [0.1, 0.15) is 10.7 Å². The molecule has 22 heavy (non-hydrogen) atoms. The lowest BCUT2D eigenvalue weighted by molar-refractivity contribution is 0.584. The first-order valence-electron chi connectivity index (χ1n) is 6.74. The van der Waals surface area contributed by atoms with Crippen LogP contribution < -0.4 is 4.72 Å². The molecule has 8 heteroatoms. The lowest BCUT2D eigenvalue weighted by Gasteiger charge is -2.12. The maximum atomic E-state index is 13.2. The van der Waals surface area contributed by atoms with Crippen LogP contribution in [0.1, 0.15) is 17.7 Å². The number of nitrogens with zero attached hydrogens (tertiary/aromatic N) is 2. The van der Waals surface area contributed by atoms with Gasteiger partial charge in [0.2, 0.25) is 10.0 Å². The number of aryl methyl sites for hydroxylation is 1. The van der Waals surface area contributed by atoms with Crippen LogP contribution in [0.15, 0.2) is 41.6 Å². The van der Waals surface area contributed by atoms with E-state index in [0.29, 0.717) is 12.3 Å². The Morgan fingerprint density at radius 1 is 1.45 bits per heavy atom. The van der Waals surface area contributed by atoms with Crippen LogP contribution in [0.2, 0.25) is 0 Å². The van der Waals surface area contributed by atoms with Crippen LogP contribution in [0.4, 0.5) is 4.39 Å². The molecule has 0 saturated carbocycles. The number of nitrogens with one attached hydrogen (secondary N) is 1. The molecule has 0 saturated heterocycles. The molecule has 1 heterocycles. The van der Waals surface area contributed by atoms with Crippen LogP contribution in [0.5, 0.6) is 0 Å². The second-order valence-electron chi connectivity index (χ2n) is 4.82. The third kappa shape index (κ3) is 4.56. The quantitative estimate of drug-likeness (QED) is 0.784. The van der Waals surface area contributed by atoms with Gasteiger partial charge in [0.15, 0.2) is 0 Å². The van der Waals surface area contributed by atoms with Crippen molar-refractivity contribution in [1.29, 1.82) is 0 Å². The first-order chi connectivity index (χ1) is 10.4. The lowest BCUT2D eigenvalue weighted by atomic mass is 10.2. The highest BCUT2D eigenvalue weighted by Gasteiger charge is 2.15. The molecule has 1 aromatic carbocycles. The van der Waals surface area contributed by atoms with Crippen molar-refractivity contribution in [3.05, 3.63) is 48.0 Å². The van der Waals surface area contributed by atoms with Gasteiger partial charge < -0.3 is 0 Å². The van der Waals surface area contributed by atoms with Crippen molar-refractivity contribution in [2.45, 2.75) is 17.1 Å². The maximum Gasteiger partial charge on any atom is 0.243 e. The zero-order valence-corrected chi connectivity index (χ0v) is 14.0. The summed E-state index contributed by atoms with van der Waals surface area (Å²) < 4.78 is 41.1. The molecule has 1 N–H and O–H groups in total. The Labute approximate surface area is 134 Å². The predicted molar refractivity (Wildman–Crippen MR) is 85.7 cm³/mol. The number of thioether (sulfide) groups is 1. The summed E-state index contributed by atoms with van der Waals surface area (Å²) in [6.07, 6.45) is 2.76. The van der Waals surface area contributed by atoms with E-state index in [1.165, 1.54) is 29.2 Å². The standard InChI is InChI=1S/C14H18FN3O2S2/c1-11(12-4-3-5-13(15)8-12)21-7-6-17-22(19,20)14-9-16-18(2)10-14/h3-5,8-11,17H,6-7H2,1-2H3/t11-/m1/s1. The number of hydrogen-bond donors (Lipinski definition) is 1. The molecule has 2 aromatic rings. The van der Waals surface area contributed by atoms with E-state index in [0.717, 1.165) is 5.56 Å². The van der Waals surface area contributed by atoms with Crippen LogP contribution in [0, 0.1) is 5.82 Å². The molecular formula is C14H18FN3O2S2. The number of sulfonamides is 1. The molecule has 0 radical (unpaired) electrons. The van der Waals surface area contributed by atoms with E-state index in [2.05, 4.69) is 9.82 Å². The smallest absolute Gasteiger partial charge is 0.243 e. The fourth-order valence-electron chi connectivity index (χ4n) is 1.89. The monoisotopic (exact) mass is 343 g/mol. The topological polar surface area (TPSA) is 64.0 Å². The number of rotatable bonds is 7. The molecule has 0 aliphatic rings. The fraction of sp³-hybridized carbons (Fsp3) is 0.357. The summed E-state index contributed by atoms with van der Waals surface area (Å²) in [4.78, 5) is 0.151. The summed E-state index contributed by atoms with van der Waals surface area (Å²) in [6, 6.07) is 6.44. The van der Waals surface area contributed by atoms with Crippen molar-refractivity contribution < 1.29 is 12.8 Å². The summed E-state index contributed by atoms with van der Waals surface area (Å²) in [6.45, 7) is 2.27. The van der Waals surface area contributed by atoms with E-state index in [9.17, 15) is 12.8 Å². The summed E-state index contributed by atoms with van der Waals surface area (Å²) in [5.41, 5.74) is 0.889. The molecule has 0 bridgehead atoms. The molecule has 2 rings (SSSR count). The average molecular weight is 343 g/mol. The van der Waals surface area contributed by atoms with E-state index in [-0.39, 0.29) is 16.0 Å². The SMILES string of the molecule is C[C@@H](SCCNS(=O)(=O)c1cnn(C)c1)c1cccc(F)c1. The van der Waals surface area contributed by atoms with E-state index >= 15 is 0 Å². The number of hydrogen-bond acceptors (Lipinski definition) is 4. The first kappa shape index (κ1) is 17.0. The van der Waals surface area contributed by atoms with Crippen LogP contribution in [0.25, 0.3) is 0 Å². The van der Waals surface area contributed by atoms with E-state index in [1.807, 2.05) is 13.0 Å². The van der Waals surface area contributed by atoms with Crippen molar-refractivity contribution in [1.82, 2.24) is 14.5 Å². The minimum absolute atomic E-state index is 0.0959. The van der Waals surface area contributed by atoms with Crippen molar-refractivity contribution in [2.75, 3.05) is 12.3 Å². The minimum Gasteiger partial charge on any atom is -0.274 e. The maximum absolute atomic E-state index is 13.2. The van der Waals surface area contributed by atoms with Gasteiger partial charge in [0, 0.05) is 30.8 Å². The summed E-state index contributed by atoms with van der Waals surface area (Å²) in [5.74, 6) is 0.333. The zero-order chi connectivity index (χ0) is 16.2. The molecular weight excluding hydrogens is 325 g/mol. The highest BCUT2D eigenvalue weighted by Crippen LogP contribution is 2.27. The largest absolute Gasteiger partial charge is 0.274 e. The third-order valence-electron chi connectivity index (χ3n) is 3.07. The molecule has 0 aliphatic carbocycles. The Hall–Kier alpha value is -1.38. The Kier molecular flexibility index (Phi) is 5.60. The summed E-state index contributed by atoms with van der Waals surface area (Å²) in [5, 5.41) is 3.94. The Balaban J connectivity index is 1.82. The second-order valence-corrected chi connectivity index (χ2v) is 8.03. The zero-order valence-electron chi connectivity index (χ0n) is 12.4. The van der Waals surface area contributed by atoms with Gasteiger partial charge in [-0.05, 0) is 24.6 Å². The van der Waals surface area contributed by atoms with Gasteiger partial charge in [-0.3, -0.25) is 4.68 Å². The van der Waals surface area contributed by atoms with Crippen LogP contribution >= 0.6 is 11.8 Å². The van der Waals surface area contributed by atoms with Crippen molar-refractivity contribution in [2.24, 2.45) is 7.05 Å². The molecule has 0 unspecified atom stereocenters. The fourth-order valence-corrected chi connectivity index (χ4v) is 3.94. The van der Waals surface area contributed by atoms with Gasteiger partial charge in [-0.25, -0.2) is 17.5 Å². The highest BCUT2D eigenvalue weighted by atomic mass is 32.2. The van der Waals surface area contributed by atoms with Gasteiger partial charge in [0.05, 0.1) is 6.20 Å². The van der Waals surface area contributed by atoms with Gasteiger partial charge in [0.25, 0.3) is 0 Å². The van der Waals surface area contributed by atoms with Crippen molar-refractivity contribution in [3.63, 3.8) is 0 Å². The van der Waals surface area contributed by atoms with Crippen LogP contribution in [0.3, 0.4) is 0 Å². The van der Waals surface area contributed by atoms with E-state index < -0.39 is 10.0 Å². The van der Waals surface area contributed by atoms with Crippen molar-refractivity contribution >= 4 is 21.8 Å². The van der Waals surface area contributed by atoms with Crippen molar-refractivity contribution in [3.8, 4) is 0 Å². The highest BCUT2D eigenvalue weighted by molar-refractivity contribution is 7.99.